The standard InChI is InChI=1S/C27H34FN7O3S/c1-17-12-27(16-37-17)8-10-34(11-9-27)24-20(15-38-39(36)26(2,3)4)31-25-19(30-24)13-29-35(25)21-7-6-18-14-33(5)32-23(18)22(21)28/h6-7,13-14,17H,8-12,15-16H2,1-5H3/t17-,39?/m0/s1. The molecule has 1 aromatic carbocycles. The number of aromatic nitrogens is 6. The van der Waals surface area contributed by atoms with E-state index in [2.05, 4.69) is 22.0 Å². The molecule has 2 aliphatic rings. The molecule has 0 bridgehead atoms. The Hall–Kier alpha value is -2.96. The van der Waals surface area contributed by atoms with E-state index in [0.29, 0.717) is 34.2 Å². The number of fused-ring (bicyclic) bond motifs is 2. The molecule has 0 aliphatic carbocycles. The maximum absolute atomic E-state index is 15.5. The lowest BCUT2D eigenvalue weighted by molar-refractivity contribution is 0.0975. The van der Waals surface area contributed by atoms with E-state index in [9.17, 15) is 4.21 Å². The first kappa shape index (κ1) is 26.3. The lowest BCUT2D eigenvalue weighted by atomic mass is 9.77. The lowest BCUT2D eigenvalue weighted by Gasteiger charge is -2.39. The zero-order chi connectivity index (χ0) is 27.5. The van der Waals surface area contributed by atoms with E-state index in [1.807, 2.05) is 26.8 Å². The fraction of sp³-hybridized carbons (Fsp3) is 0.556. The summed E-state index contributed by atoms with van der Waals surface area (Å²) in [6.45, 7) is 10.1. The van der Waals surface area contributed by atoms with E-state index >= 15 is 4.39 Å². The van der Waals surface area contributed by atoms with Gasteiger partial charge in [-0.25, -0.2) is 23.2 Å². The molecule has 2 saturated heterocycles. The topological polar surface area (TPSA) is 100 Å². The Bertz CT molecular complexity index is 1570. The molecule has 0 N–H and O–H groups in total. The highest BCUT2D eigenvalue weighted by molar-refractivity contribution is 7.81. The first-order valence-corrected chi connectivity index (χ1v) is 14.4. The van der Waals surface area contributed by atoms with E-state index < -0.39 is 21.6 Å². The Morgan fingerprint density at radius 3 is 2.69 bits per heavy atom. The molecule has 39 heavy (non-hydrogen) atoms. The summed E-state index contributed by atoms with van der Waals surface area (Å²) in [5.74, 6) is 0.209. The Kier molecular flexibility index (Phi) is 6.47. The summed E-state index contributed by atoms with van der Waals surface area (Å²) in [5.41, 5.74) is 2.21. The average Bonchev–Trinajstić information content (AvgIpc) is 3.58. The summed E-state index contributed by atoms with van der Waals surface area (Å²) < 4.78 is 42.4. The molecule has 4 aromatic rings. The minimum Gasteiger partial charge on any atom is -0.378 e. The van der Waals surface area contributed by atoms with Gasteiger partial charge in [0.15, 0.2) is 28.4 Å². The Balaban J connectivity index is 1.38. The molecule has 2 atom stereocenters. The zero-order valence-corrected chi connectivity index (χ0v) is 23.8. The maximum Gasteiger partial charge on any atom is 0.182 e. The second-order valence-corrected chi connectivity index (χ2v) is 13.8. The molecule has 10 nitrogen and oxygen atoms in total. The highest BCUT2D eigenvalue weighted by atomic mass is 32.2. The Morgan fingerprint density at radius 1 is 1.23 bits per heavy atom. The molecule has 0 amide bonds. The van der Waals surface area contributed by atoms with E-state index in [1.165, 1.54) is 4.68 Å². The van der Waals surface area contributed by atoms with Crippen LogP contribution in [0.2, 0.25) is 0 Å². The summed E-state index contributed by atoms with van der Waals surface area (Å²) in [6.07, 6.45) is 6.73. The van der Waals surface area contributed by atoms with Gasteiger partial charge >= 0.3 is 0 Å². The van der Waals surface area contributed by atoms with Crippen LogP contribution in [0.5, 0.6) is 0 Å². The van der Waals surface area contributed by atoms with Crippen LogP contribution in [0.4, 0.5) is 10.2 Å². The number of piperidine rings is 1. The number of rotatable bonds is 5. The Labute approximate surface area is 229 Å². The smallest absolute Gasteiger partial charge is 0.182 e. The van der Waals surface area contributed by atoms with Crippen LogP contribution < -0.4 is 4.90 Å². The van der Waals surface area contributed by atoms with Gasteiger partial charge in [0.2, 0.25) is 0 Å². The molecular formula is C27H34FN7O3S. The van der Waals surface area contributed by atoms with Crippen LogP contribution in [0.15, 0.2) is 24.5 Å². The molecule has 2 aliphatic heterocycles. The fourth-order valence-corrected chi connectivity index (χ4v) is 6.17. The number of benzene rings is 1. The number of hydrogen-bond acceptors (Lipinski definition) is 8. The van der Waals surface area contributed by atoms with Crippen LogP contribution in [0.3, 0.4) is 0 Å². The minimum atomic E-state index is -1.54. The van der Waals surface area contributed by atoms with Crippen molar-refractivity contribution in [2.24, 2.45) is 12.5 Å². The monoisotopic (exact) mass is 555 g/mol. The number of halogens is 1. The third-order valence-electron chi connectivity index (χ3n) is 7.71. The van der Waals surface area contributed by atoms with Crippen LogP contribution in [-0.4, -0.2) is 64.3 Å². The molecule has 0 saturated carbocycles. The maximum atomic E-state index is 15.5. The summed E-state index contributed by atoms with van der Waals surface area (Å²) in [6, 6.07) is 3.48. The van der Waals surface area contributed by atoms with Gasteiger partial charge in [-0.1, -0.05) is 0 Å². The van der Waals surface area contributed by atoms with E-state index in [-0.39, 0.29) is 23.2 Å². The number of hydrogen-bond donors (Lipinski definition) is 0. The zero-order valence-electron chi connectivity index (χ0n) is 23.0. The van der Waals surface area contributed by atoms with Gasteiger partial charge in [0.1, 0.15) is 29.0 Å². The van der Waals surface area contributed by atoms with Crippen molar-refractivity contribution in [1.29, 1.82) is 0 Å². The van der Waals surface area contributed by atoms with Crippen molar-refractivity contribution in [3.8, 4) is 5.69 Å². The van der Waals surface area contributed by atoms with Crippen molar-refractivity contribution >= 4 is 39.0 Å². The molecule has 1 unspecified atom stereocenters. The van der Waals surface area contributed by atoms with Crippen molar-refractivity contribution < 1.29 is 17.5 Å². The van der Waals surface area contributed by atoms with Gasteiger partial charge in [-0.15, -0.1) is 0 Å². The number of nitrogens with zero attached hydrogens (tertiary/aromatic N) is 7. The second-order valence-electron chi connectivity index (χ2n) is 11.8. The van der Waals surface area contributed by atoms with Crippen molar-refractivity contribution in [3.05, 3.63) is 36.0 Å². The average molecular weight is 556 g/mol. The first-order chi connectivity index (χ1) is 18.5. The highest BCUT2D eigenvalue weighted by Crippen LogP contribution is 2.43. The van der Waals surface area contributed by atoms with Gasteiger partial charge in [-0.3, -0.25) is 8.86 Å². The third kappa shape index (κ3) is 4.82. The van der Waals surface area contributed by atoms with Crippen LogP contribution in [0, 0.1) is 11.2 Å². The van der Waals surface area contributed by atoms with Crippen LogP contribution >= 0.6 is 0 Å². The van der Waals surface area contributed by atoms with Gasteiger partial charge in [0, 0.05) is 31.7 Å². The molecular weight excluding hydrogens is 521 g/mol. The van der Waals surface area contributed by atoms with Gasteiger partial charge < -0.3 is 9.64 Å². The molecule has 3 aromatic heterocycles. The number of ether oxygens (including phenoxy) is 1. The van der Waals surface area contributed by atoms with Gasteiger partial charge in [0.05, 0.1) is 23.7 Å². The minimum absolute atomic E-state index is 0.0108. The van der Waals surface area contributed by atoms with E-state index in [0.717, 1.165) is 39.0 Å². The van der Waals surface area contributed by atoms with Crippen LogP contribution in [-0.2, 0) is 33.7 Å². The van der Waals surface area contributed by atoms with Crippen molar-refractivity contribution in [1.82, 2.24) is 29.5 Å². The summed E-state index contributed by atoms with van der Waals surface area (Å²) in [5, 5.41) is 9.41. The molecule has 208 valence electrons. The van der Waals surface area contributed by atoms with Crippen molar-refractivity contribution in [3.63, 3.8) is 0 Å². The number of anilines is 1. The van der Waals surface area contributed by atoms with Gasteiger partial charge in [0.25, 0.3) is 0 Å². The molecule has 0 radical (unpaired) electrons. The molecule has 2 fully saturated rings. The van der Waals surface area contributed by atoms with Crippen molar-refractivity contribution in [2.45, 2.75) is 64.4 Å². The molecule has 1 spiro atoms. The highest BCUT2D eigenvalue weighted by Gasteiger charge is 2.41. The van der Waals surface area contributed by atoms with Crippen LogP contribution in [0.1, 0.15) is 52.7 Å². The Morgan fingerprint density at radius 2 is 2.00 bits per heavy atom. The van der Waals surface area contributed by atoms with E-state index in [1.54, 1.807) is 30.2 Å². The third-order valence-corrected chi connectivity index (χ3v) is 9.04. The molecule has 5 heterocycles. The number of aryl methyl sites for hydroxylation is 1. The molecule has 6 rings (SSSR count). The van der Waals surface area contributed by atoms with Gasteiger partial charge in [-0.05, 0) is 64.5 Å². The predicted molar refractivity (Wildman–Crippen MR) is 147 cm³/mol. The largest absolute Gasteiger partial charge is 0.378 e. The SMILES string of the molecule is C[C@H]1CC2(CCN(c3nc4cnn(-c5ccc6cn(C)nc6c5F)c4nc3COS(=O)C(C)(C)C)CC2)CO1. The second kappa shape index (κ2) is 9.60. The quantitative estimate of drug-likeness (QED) is 0.361. The predicted octanol–water partition coefficient (Wildman–Crippen LogP) is 4.22. The fourth-order valence-electron chi connectivity index (χ4n) is 5.60. The van der Waals surface area contributed by atoms with Crippen molar-refractivity contribution in [2.75, 3.05) is 24.6 Å². The van der Waals surface area contributed by atoms with Crippen LogP contribution in [0.25, 0.3) is 27.8 Å². The summed E-state index contributed by atoms with van der Waals surface area (Å²) in [4.78, 5) is 12.0. The van der Waals surface area contributed by atoms with E-state index in [4.69, 9.17) is 18.9 Å². The summed E-state index contributed by atoms with van der Waals surface area (Å²) in [7, 11) is 1.76. The summed E-state index contributed by atoms with van der Waals surface area (Å²) >= 11 is -1.54. The first-order valence-electron chi connectivity index (χ1n) is 13.3. The van der Waals surface area contributed by atoms with Gasteiger partial charge in [-0.2, -0.15) is 10.2 Å². The molecule has 12 heteroatoms. The normalized spacial score (nSPS) is 20.5. The lowest BCUT2D eigenvalue weighted by Crippen LogP contribution is -2.41.